The maximum atomic E-state index is 15.1. The number of nitrogens with zero attached hydrogens (tertiary/aromatic N) is 2. The standard InChI is InChI=1S/C22H24F4N2O3/c1-4-7-16-18(5-2)31-12-19(29)28(16)17-11-15(23)20(27-21(17)30-3)13-8-6-9-14(10-13)22(24,25)26/h6,8-11,16,18H,4-5,7,12H2,1-3H3/t16-,18-/m1/s1. The molecule has 1 aromatic carbocycles. The molecule has 1 aliphatic heterocycles. The van der Waals surface area contributed by atoms with Crippen molar-refractivity contribution in [3.63, 3.8) is 0 Å². The zero-order valence-corrected chi connectivity index (χ0v) is 17.5. The fourth-order valence-corrected chi connectivity index (χ4v) is 3.85. The quantitative estimate of drug-likeness (QED) is 0.578. The molecule has 0 unspecified atom stereocenters. The van der Waals surface area contributed by atoms with Crippen LogP contribution in [0.3, 0.4) is 0 Å². The molecule has 1 aromatic heterocycles. The Hall–Kier alpha value is -2.68. The molecule has 1 fully saturated rings. The van der Waals surface area contributed by atoms with Crippen LogP contribution in [-0.2, 0) is 15.7 Å². The Morgan fingerprint density at radius 2 is 2.00 bits per heavy atom. The van der Waals surface area contributed by atoms with Gasteiger partial charge in [-0.3, -0.25) is 9.69 Å². The number of halogens is 4. The van der Waals surface area contributed by atoms with Crippen LogP contribution in [0.1, 0.15) is 38.7 Å². The second-order valence-electron chi connectivity index (χ2n) is 7.30. The van der Waals surface area contributed by atoms with Gasteiger partial charge in [-0.2, -0.15) is 13.2 Å². The molecule has 1 aliphatic rings. The van der Waals surface area contributed by atoms with Gasteiger partial charge in [0, 0.05) is 11.6 Å². The first-order chi connectivity index (χ1) is 14.7. The SMILES string of the molecule is CCC[C@@H]1[C@@H](CC)OCC(=O)N1c1cc(F)c(-c2cccc(C(F)(F)F)c2)nc1OC. The molecule has 0 aliphatic carbocycles. The summed E-state index contributed by atoms with van der Waals surface area (Å²) in [5.74, 6) is -1.24. The number of benzene rings is 1. The highest BCUT2D eigenvalue weighted by molar-refractivity contribution is 5.97. The highest BCUT2D eigenvalue weighted by atomic mass is 19.4. The van der Waals surface area contributed by atoms with E-state index in [-0.39, 0.29) is 47.5 Å². The van der Waals surface area contributed by atoms with E-state index >= 15 is 4.39 Å². The lowest BCUT2D eigenvalue weighted by molar-refractivity contribution is -0.137. The molecule has 168 valence electrons. The normalized spacial score (nSPS) is 19.6. The van der Waals surface area contributed by atoms with Crippen LogP contribution in [0.4, 0.5) is 23.2 Å². The summed E-state index contributed by atoms with van der Waals surface area (Å²) in [4.78, 5) is 18.3. The maximum absolute atomic E-state index is 15.1. The average Bonchev–Trinajstić information content (AvgIpc) is 2.74. The zero-order chi connectivity index (χ0) is 22.8. The molecule has 9 heteroatoms. The van der Waals surface area contributed by atoms with Crippen molar-refractivity contribution in [2.45, 2.75) is 51.4 Å². The zero-order valence-electron chi connectivity index (χ0n) is 17.5. The Morgan fingerprint density at radius 1 is 1.26 bits per heavy atom. The van der Waals surface area contributed by atoms with E-state index in [4.69, 9.17) is 9.47 Å². The molecule has 0 bridgehead atoms. The summed E-state index contributed by atoms with van der Waals surface area (Å²) in [7, 11) is 1.32. The number of carbonyl (C=O) groups excluding carboxylic acids is 1. The third-order valence-electron chi connectivity index (χ3n) is 5.28. The number of carbonyl (C=O) groups is 1. The second-order valence-corrected chi connectivity index (χ2v) is 7.30. The molecule has 2 atom stereocenters. The molecule has 0 radical (unpaired) electrons. The van der Waals surface area contributed by atoms with Crippen LogP contribution in [0, 0.1) is 5.82 Å². The van der Waals surface area contributed by atoms with E-state index in [0.29, 0.717) is 12.8 Å². The van der Waals surface area contributed by atoms with Crippen molar-refractivity contribution < 1.29 is 31.8 Å². The van der Waals surface area contributed by atoms with Gasteiger partial charge in [0.05, 0.1) is 24.8 Å². The summed E-state index contributed by atoms with van der Waals surface area (Å²) >= 11 is 0. The number of methoxy groups -OCH3 is 1. The smallest absolute Gasteiger partial charge is 0.416 e. The highest BCUT2D eigenvalue weighted by Crippen LogP contribution is 2.38. The van der Waals surface area contributed by atoms with Gasteiger partial charge in [0.2, 0.25) is 5.88 Å². The Kier molecular flexibility index (Phi) is 6.83. The van der Waals surface area contributed by atoms with Crippen molar-refractivity contribution >= 4 is 11.6 Å². The molecule has 2 aromatic rings. The fraction of sp³-hybridized carbons (Fsp3) is 0.455. The molecule has 0 spiro atoms. The number of rotatable bonds is 6. The summed E-state index contributed by atoms with van der Waals surface area (Å²) in [6, 6.07) is 5.03. The van der Waals surface area contributed by atoms with Crippen molar-refractivity contribution in [1.29, 1.82) is 0 Å². The van der Waals surface area contributed by atoms with Crippen molar-refractivity contribution in [1.82, 2.24) is 4.98 Å². The van der Waals surface area contributed by atoms with Gasteiger partial charge in [-0.15, -0.1) is 0 Å². The van der Waals surface area contributed by atoms with Gasteiger partial charge in [-0.25, -0.2) is 9.37 Å². The van der Waals surface area contributed by atoms with Gasteiger partial charge in [-0.05, 0) is 25.0 Å². The minimum Gasteiger partial charge on any atom is -0.479 e. The van der Waals surface area contributed by atoms with E-state index in [1.165, 1.54) is 24.1 Å². The predicted octanol–water partition coefficient (Wildman–Crippen LogP) is 5.23. The first-order valence-electron chi connectivity index (χ1n) is 10.1. The number of alkyl halides is 3. The van der Waals surface area contributed by atoms with Gasteiger partial charge in [0.15, 0.2) is 5.82 Å². The van der Waals surface area contributed by atoms with Crippen molar-refractivity contribution in [2.24, 2.45) is 0 Å². The van der Waals surface area contributed by atoms with Gasteiger partial charge in [0.1, 0.15) is 18.0 Å². The number of hydrogen-bond donors (Lipinski definition) is 0. The minimum absolute atomic E-state index is 0.0398. The van der Waals surface area contributed by atoms with Gasteiger partial charge in [-0.1, -0.05) is 32.4 Å². The van der Waals surface area contributed by atoms with Crippen LogP contribution in [0.25, 0.3) is 11.3 Å². The van der Waals surface area contributed by atoms with E-state index in [2.05, 4.69) is 4.98 Å². The first-order valence-corrected chi connectivity index (χ1v) is 10.1. The lowest BCUT2D eigenvalue weighted by Crippen LogP contribution is -2.54. The summed E-state index contributed by atoms with van der Waals surface area (Å²) in [6.07, 6.45) is -2.73. The summed E-state index contributed by atoms with van der Waals surface area (Å²) in [5.41, 5.74) is -1.10. The number of aromatic nitrogens is 1. The van der Waals surface area contributed by atoms with Crippen LogP contribution < -0.4 is 9.64 Å². The van der Waals surface area contributed by atoms with Crippen LogP contribution in [0.5, 0.6) is 5.88 Å². The molecular weight excluding hydrogens is 416 g/mol. The van der Waals surface area contributed by atoms with E-state index in [1.54, 1.807) is 0 Å². The molecule has 1 saturated heterocycles. The summed E-state index contributed by atoms with van der Waals surface area (Å²) in [5, 5.41) is 0. The lowest BCUT2D eigenvalue weighted by Gasteiger charge is -2.41. The van der Waals surface area contributed by atoms with Crippen molar-refractivity contribution in [3.05, 3.63) is 41.7 Å². The van der Waals surface area contributed by atoms with Gasteiger partial charge in [0.25, 0.3) is 5.91 Å². The number of morpholine rings is 1. The summed E-state index contributed by atoms with van der Waals surface area (Å²) < 4.78 is 65.3. The largest absolute Gasteiger partial charge is 0.479 e. The van der Waals surface area contributed by atoms with Crippen molar-refractivity contribution in [2.75, 3.05) is 18.6 Å². The minimum atomic E-state index is -4.57. The predicted molar refractivity (Wildman–Crippen MR) is 107 cm³/mol. The summed E-state index contributed by atoms with van der Waals surface area (Å²) in [6.45, 7) is 3.75. The molecule has 0 saturated carbocycles. The monoisotopic (exact) mass is 440 g/mol. The van der Waals surface area contributed by atoms with Crippen LogP contribution in [-0.4, -0.2) is 36.8 Å². The first kappa shape index (κ1) is 23.0. The number of ether oxygens (including phenoxy) is 2. The fourth-order valence-electron chi connectivity index (χ4n) is 3.85. The maximum Gasteiger partial charge on any atom is 0.416 e. The molecular formula is C22H24F4N2O3. The topological polar surface area (TPSA) is 51.7 Å². The molecule has 3 rings (SSSR count). The number of anilines is 1. The Morgan fingerprint density at radius 3 is 2.61 bits per heavy atom. The van der Waals surface area contributed by atoms with E-state index in [9.17, 15) is 18.0 Å². The van der Waals surface area contributed by atoms with Crippen LogP contribution in [0.2, 0.25) is 0 Å². The van der Waals surface area contributed by atoms with Gasteiger partial charge < -0.3 is 9.47 Å². The second kappa shape index (κ2) is 9.21. The van der Waals surface area contributed by atoms with E-state index < -0.39 is 17.6 Å². The molecule has 5 nitrogen and oxygen atoms in total. The van der Waals surface area contributed by atoms with E-state index in [0.717, 1.165) is 24.6 Å². The van der Waals surface area contributed by atoms with E-state index in [1.807, 2.05) is 13.8 Å². The van der Waals surface area contributed by atoms with Crippen molar-refractivity contribution in [3.8, 4) is 17.1 Å². The third kappa shape index (κ3) is 4.66. The molecule has 2 heterocycles. The third-order valence-corrected chi connectivity index (χ3v) is 5.28. The van der Waals surface area contributed by atoms with Crippen LogP contribution >= 0.6 is 0 Å². The Labute approximate surface area is 178 Å². The van der Waals surface area contributed by atoms with Gasteiger partial charge >= 0.3 is 6.18 Å². The average molecular weight is 440 g/mol. The molecule has 31 heavy (non-hydrogen) atoms. The number of amides is 1. The number of hydrogen-bond acceptors (Lipinski definition) is 4. The molecule has 1 amide bonds. The molecule has 0 N–H and O–H groups in total. The van der Waals surface area contributed by atoms with Crippen LogP contribution in [0.15, 0.2) is 30.3 Å². The highest BCUT2D eigenvalue weighted by Gasteiger charge is 2.38. The Balaban J connectivity index is 2.10. The number of pyridine rings is 1. The Bertz CT molecular complexity index is 949. The lowest BCUT2D eigenvalue weighted by atomic mass is 9.98.